The Kier molecular flexibility index (Phi) is 4.39. The number of nitrogens with one attached hydrogen (secondary N) is 1. The first kappa shape index (κ1) is 13.8. The summed E-state index contributed by atoms with van der Waals surface area (Å²) >= 11 is 6.26. The number of thiocarbonyl (C=S) groups is 1. The molecule has 0 radical (unpaired) electrons. The summed E-state index contributed by atoms with van der Waals surface area (Å²) in [5.74, 6) is 0.704. The van der Waals surface area contributed by atoms with Gasteiger partial charge in [0.2, 0.25) is 0 Å². The van der Waals surface area contributed by atoms with Gasteiger partial charge in [0.15, 0.2) is 0 Å². The van der Waals surface area contributed by atoms with Gasteiger partial charge in [-0.25, -0.2) is 0 Å². The van der Waals surface area contributed by atoms with E-state index in [9.17, 15) is 4.79 Å². The van der Waals surface area contributed by atoms with Gasteiger partial charge in [0.25, 0.3) is 5.91 Å². The van der Waals surface area contributed by atoms with Crippen LogP contribution in [0, 0.1) is 0 Å². The molecule has 1 aromatic carbocycles. The van der Waals surface area contributed by atoms with Gasteiger partial charge in [-0.15, -0.1) is 0 Å². The van der Waals surface area contributed by atoms with Gasteiger partial charge in [-0.05, 0) is 30.2 Å². The van der Waals surface area contributed by atoms with Gasteiger partial charge >= 0.3 is 0 Å². The fourth-order valence-electron chi connectivity index (χ4n) is 1.59. The summed E-state index contributed by atoms with van der Waals surface area (Å²) in [7, 11) is 1.64. The quantitative estimate of drug-likeness (QED) is 0.686. The third-order valence-corrected chi connectivity index (χ3v) is 3.97. The normalized spacial score (nSPS) is 17.8. The Morgan fingerprint density at radius 3 is 2.58 bits per heavy atom. The van der Waals surface area contributed by atoms with Crippen LogP contribution >= 0.6 is 24.0 Å². The zero-order chi connectivity index (χ0) is 13.8. The van der Waals surface area contributed by atoms with Crippen molar-refractivity contribution in [1.82, 2.24) is 5.32 Å². The molecular weight excluding hydrogens is 278 g/mol. The molecule has 0 saturated carbocycles. The number of benzene rings is 1. The molecule has 1 fully saturated rings. The number of hydrogen-bond acceptors (Lipinski definition) is 4. The Morgan fingerprint density at radius 1 is 1.37 bits per heavy atom. The van der Waals surface area contributed by atoms with E-state index >= 15 is 0 Å². The number of ether oxygens (including phenoxy) is 1. The third-order valence-electron chi connectivity index (χ3n) is 2.62. The second kappa shape index (κ2) is 6.04. The predicted octanol–water partition coefficient (Wildman–Crippen LogP) is 3.13. The molecule has 1 saturated heterocycles. The average molecular weight is 291 g/mol. The first-order chi connectivity index (χ1) is 9.10. The van der Waals surface area contributed by atoms with Gasteiger partial charge in [0.1, 0.15) is 10.1 Å². The number of allylic oxidation sites excluding steroid dienone is 2. The van der Waals surface area contributed by atoms with Crippen LogP contribution in [0.25, 0.3) is 6.08 Å². The SMILES string of the molecule is COc1ccc(/C=C/C(C)=C2SC(=S)NC2=O)cc1. The molecule has 1 amide bonds. The molecule has 0 aromatic heterocycles. The molecule has 0 spiro atoms. The van der Waals surface area contributed by atoms with Crippen molar-refractivity contribution in [3.63, 3.8) is 0 Å². The molecule has 0 atom stereocenters. The summed E-state index contributed by atoms with van der Waals surface area (Å²) in [6.45, 7) is 1.90. The molecule has 1 aliphatic heterocycles. The van der Waals surface area contributed by atoms with Crippen molar-refractivity contribution >= 4 is 40.3 Å². The van der Waals surface area contributed by atoms with E-state index in [4.69, 9.17) is 17.0 Å². The van der Waals surface area contributed by atoms with E-state index in [1.54, 1.807) is 7.11 Å². The number of carbonyl (C=O) groups is 1. The molecule has 0 aliphatic carbocycles. The van der Waals surface area contributed by atoms with Gasteiger partial charge < -0.3 is 10.1 Å². The molecule has 0 bridgehead atoms. The minimum Gasteiger partial charge on any atom is -0.497 e. The number of hydrogen-bond donors (Lipinski definition) is 1. The highest BCUT2D eigenvalue weighted by molar-refractivity contribution is 8.26. The van der Waals surface area contributed by atoms with Gasteiger partial charge in [-0.1, -0.05) is 48.3 Å². The van der Waals surface area contributed by atoms with Crippen LogP contribution < -0.4 is 10.1 Å². The molecule has 98 valence electrons. The van der Waals surface area contributed by atoms with Crippen LogP contribution in [0.5, 0.6) is 5.75 Å². The lowest BCUT2D eigenvalue weighted by atomic mass is 10.1. The highest BCUT2D eigenvalue weighted by Crippen LogP contribution is 2.27. The predicted molar refractivity (Wildman–Crippen MR) is 83.1 cm³/mol. The van der Waals surface area contributed by atoms with Crippen LogP contribution in [0.4, 0.5) is 0 Å². The van der Waals surface area contributed by atoms with E-state index in [1.165, 1.54) is 11.8 Å². The molecule has 1 heterocycles. The number of rotatable bonds is 3. The Bertz CT molecular complexity index is 574. The van der Waals surface area contributed by atoms with Crippen molar-refractivity contribution in [3.8, 4) is 5.75 Å². The molecule has 19 heavy (non-hydrogen) atoms. The smallest absolute Gasteiger partial charge is 0.263 e. The zero-order valence-corrected chi connectivity index (χ0v) is 12.2. The maximum atomic E-state index is 11.6. The Labute approximate surface area is 121 Å². The van der Waals surface area contributed by atoms with Crippen LogP contribution in [0.2, 0.25) is 0 Å². The van der Waals surface area contributed by atoms with E-state index in [0.717, 1.165) is 16.9 Å². The Morgan fingerprint density at radius 2 is 2.05 bits per heavy atom. The molecule has 0 unspecified atom stereocenters. The van der Waals surface area contributed by atoms with Crippen LogP contribution in [0.1, 0.15) is 12.5 Å². The number of methoxy groups -OCH3 is 1. The van der Waals surface area contributed by atoms with E-state index in [-0.39, 0.29) is 5.91 Å². The maximum absolute atomic E-state index is 11.6. The fraction of sp³-hybridized carbons (Fsp3) is 0.143. The second-order valence-corrected chi connectivity index (χ2v) is 5.65. The van der Waals surface area contributed by atoms with Crippen LogP contribution in [-0.4, -0.2) is 17.3 Å². The summed E-state index contributed by atoms with van der Waals surface area (Å²) in [5.41, 5.74) is 1.95. The van der Waals surface area contributed by atoms with Gasteiger partial charge in [-0.3, -0.25) is 4.79 Å². The fourth-order valence-corrected chi connectivity index (χ4v) is 2.63. The van der Waals surface area contributed by atoms with Crippen molar-refractivity contribution in [2.24, 2.45) is 0 Å². The number of thioether (sulfide) groups is 1. The topological polar surface area (TPSA) is 38.3 Å². The minimum absolute atomic E-state index is 0.119. The monoisotopic (exact) mass is 291 g/mol. The van der Waals surface area contributed by atoms with Crippen molar-refractivity contribution in [1.29, 1.82) is 0 Å². The third kappa shape index (κ3) is 3.45. The molecular formula is C14H13NO2S2. The van der Waals surface area contributed by atoms with Gasteiger partial charge in [0.05, 0.1) is 12.0 Å². The Hall–Kier alpha value is -1.59. The Balaban J connectivity index is 2.15. The van der Waals surface area contributed by atoms with Crippen molar-refractivity contribution < 1.29 is 9.53 Å². The first-order valence-corrected chi connectivity index (χ1v) is 6.89. The van der Waals surface area contributed by atoms with E-state index in [2.05, 4.69) is 5.32 Å². The van der Waals surface area contributed by atoms with E-state index < -0.39 is 0 Å². The summed E-state index contributed by atoms with van der Waals surface area (Å²) in [5, 5.41) is 2.61. The van der Waals surface area contributed by atoms with Crippen LogP contribution in [-0.2, 0) is 4.79 Å². The molecule has 3 nitrogen and oxygen atoms in total. The van der Waals surface area contributed by atoms with Crippen molar-refractivity contribution in [2.45, 2.75) is 6.92 Å². The molecule has 1 aliphatic rings. The van der Waals surface area contributed by atoms with Crippen molar-refractivity contribution in [3.05, 3.63) is 46.4 Å². The van der Waals surface area contributed by atoms with Crippen LogP contribution in [0.15, 0.2) is 40.8 Å². The second-order valence-electron chi connectivity index (χ2n) is 3.96. The summed E-state index contributed by atoms with van der Waals surface area (Å²) in [6.07, 6.45) is 3.87. The van der Waals surface area contributed by atoms with E-state index in [0.29, 0.717) is 9.23 Å². The van der Waals surface area contributed by atoms with Crippen molar-refractivity contribution in [2.75, 3.05) is 7.11 Å². The number of carbonyl (C=O) groups excluding carboxylic acids is 1. The lowest BCUT2D eigenvalue weighted by Crippen LogP contribution is -2.18. The molecule has 1 aromatic rings. The average Bonchev–Trinajstić information content (AvgIpc) is 2.75. The zero-order valence-electron chi connectivity index (χ0n) is 10.6. The molecule has 2 rings (SSSR count). The number of amides is 1. The highest BCUT2D eigenvalue weighted by Gasteiger charge is 2.23. The summed E-state index contributed by atoms with van der Waals surface area (Å²) < 4.78 is 5.61. The maximum Gasteiger partial charge on any atom is 0.263 e. The highest BCUT2D eigenvalue weighted by atomic mass is 32.2. The van der Waals surface area contributed by atoms with Gasteiger partial charge in [0, 0.05) is 0 Å². The lowest BCUT2D eigenvalue weighted by molar-refractivity contribution is -0.115. The summed E-state index contributed by atoms with van der Waals surface area (Å²) in [6, 6.07) is 7.71. The molecule has 1 N–H and O–H groups in total. The summed E-state index contributed by atoms with van der Waals surface area (Å²) in [4.78, 5) is 12.3. The van der Waals surface area contributed by atoms with E-state index in [1.807, 2.05) is 43.3 Å². The largest absolute Gasteiger partial charge is 0.497 e. The lowest BCUT2D eigenvalue weighted by Gasteiger charge is -2.00. The van der Waals surface area contributed by atoms with Crippen LogP contribution in [0.3, 0.4) is 0 Å². The standard InChI is InChI=1S/C14H13NO2S2/c1-9(12-13(16)15-14(18)19-12)3-4-10-5-7-11(17-2)8-6-10/h3-8H,1-2H3,(H,15,16,18)/b4-3+,12-9?. The van der Waals surface area contributed by atoms with Gasteiger partial charge in [-0.2, -0.15) is 0 Å². The molecule has 5 heteroatoms. The first-order valence-electron chi connectivity index (χ1n) is 5.66. The minimum atomic E-state index is -0.119.